The molecule has 90 valence electrons. The zero-order chi connectivity index (χ0) is 12.2. The molecule has 1 aromatic rings. The predicted octanol–water partition coefficient (Wildman–Crippen LogP) is 3.38. The van der Waals surface area contributed by atoms with Gasteiger partial charge in [-0.25, -0.2) is 0 Å². The summed E-state index contributed by atoms with van der Waals surface area (Å²) in [6, 6.07) is 8.46. The van der Waals surface area contributed by atoms with Gasteiger partial charge in [0.2, 0.25) is 0 Å². The maximum absolute atomic E-state index is 9.60. The quantitative estimate of drug-likeness (QED) is 0.799. The average molecular weight is 221 g/mol. The van der Waals surface area contributed by atoms with Gasteiger partial charge in [-0.15, -0.1) is 0 Å². The molecular weight excluding hydrogens is 198 g/mol. The van der Waals surface area contributed by atoms with Crippen LogP contribution in [0.5, 0.6) is 0 Å². The summed E-state index contributed by atoms with van der Waals surface area (Å²) in [5.74, 6) is 0.552. The monoisotopic (exact) mass is 221 g/mol. The van der Waals surface area contributed by atoms with E-state index in [1.165, 1.54) is 5.56 Å². The Morgan fingerprint density at radius 1 is 1.31 bits per heavy atom. The Morgan fingerprint density at radius 3 is 2.56 bits per heavy atom. The molecule has 2 N–H and O–H groups in total. The summed E-state index contributed by atoms with van der Waals surface area (Å²) >= 11 is 0. The molecule has 0 heterocycles. The summed E-state index contributed by atoms with van der Waals surface area (Å²) in [4.78, 5) is 0. The van der Waals surface area contributed by atoms with Crippen molar-refractivity contribution in [3.63, 3.8) is 0 Å². The van der Waals surface area contributed by atoms with Crippen molar-refractivity contribution in [3.05, 3.63) is 29.8 Å². The normalized spacial score (nSPS) is 11.9. The van der Waals surface area contributed by atoms with E-state index >= 15 is 0 Å². The molecule has 0 bridgehead atoms. The lowest BCUT2D eigenvalue weighted by molar-refractivity contribution is 0.0749. The topological polar surface area (TPSA) is 32.3 Å². The van der Waals surface area contributed by atoms with Crippen LogP contribution in [0.25, 0.3) is 0 Å². The summed E-state index contributed by atoms with van der Waals surface area (Å²) in [6.45, 7) is 8.84. The lowest BCUT2D eigenvalue weighted by Gasteiger charge is -2.18. The molecule has 0 fully saturated rings. The van der Waals surface area contributed by atoms with Crippen LogP contribution in [-0.2, 0) is 0 Å². The third-order valence-corrected chi connectivity index (χ3v) is 2.62. The molecule has 0 saturated heterocycles. The van der Waals surface area contributed by atoms with Crippen molar-refractivity contribution in [3.8, 4) is 0 Å². The van der Waals surface area contributed by atoms with Crippen molar-refractivity contribution in [1.29, 1.82) is 0 Å². The standard InChI is InChI=1S/C14H23NO/c1-11(2)12-6-5-7-13(10-12)15-9-8-14(3,4)16/h5-7,10-11,15-16H,8-9H2,1-4H3. The Hall–Kier alpha value is -1.02. The predicted molar refractivity (Wildman–Crippen MR) is 69.9 cm³/mol. The summed E-state index contributed by atoms with van der Waals surface area (Å²) in [6.07, 6.45) is 0.749. The minimum Gasteiger partial charge on any atom is -0.390 e. The molecule has 1 aromatic carbocycles. The maximum atomic E-state index is 9.60. The van der Waals surface area contributed by atoms with Gasteiger partial charge in [0.1, 0.15) is 0 Å². The van der Waals surface area contributed by atoms with E-state index in [-0.39, 0.29) is 0 Å². The molecule has 2 nitrogen and oxygen atoms in total. The highest BCUT2D eigenvalue weighted by atomic mass is 16.3. The summed E-state index contributed by atoms with van der Waals surface area (Å²) < 4.78 is 0. The zero-order valence-corrected chi connectivity index (χ0v) is 10.7. The Bertz CT molecular complexity index is 326. The van der Waals surface area contributed by atoms with Gasteiger partial charge in [-0.05, 0) is 43.9 Å². The Balaban J connectivity index is 2.51. The first-order valence-corrected chi connectivity index (χ1v) is 5.95. The molecular formula is C14H23NO. The van der Waals surface area contributed by atoms with Crippen molar-refractivity contribution in [2.75, 3.05) is 11.9 Å². The van der Waals surface area contributed by atoms with E-state index in [4.69, 9.17) is 0 Å². The van der Waals surface area contributed by atoms with Crippen molar-refractivity contribution in [2.45, 2.75) is 45.6 Å². The molecule has 0 atom stereocenters. The van der Waals surface area contributed by atoms with Crippen LogP contribution in [0.1, 0.15) is 45.6 Å². The molecule has 2 heteroatoms. The molecule has 0 aliphatic carbocycles. The largest absolute Gasteiger partial charge is 0.390 e. The first-order valence-electron chi connectivity index (χ1n) is 5.95. The molecule has 0 unspecified atom stereocenters. The Labute approximate surface area is 98.7 Å². The molecule has 0 radical (unpaired) electrons. The minimum atomic E-state index is -0.595. The van der Waals surface area contributed by atoms with Crippen molar-refractivity contribution < 1.29 is 5.11 Å². The summed E-state index contributed by atoms with van der Waals surface area (Å²) in [5, 5.41) is 12.9. The van der Waals surface area contributed by atoms with Crippen LogP contribution in [0.3, 0.4) is 0 Å². The number of hydrogen-bond donors (Lipinski definition) is 2. The Kier molecular flexibility index (Phi) is 4.36. The highest BCUT2D eigenvalue weighted by molar-refractivity contribution is 5.46. The zero-order valence-electron chi connectivity index (χ0n) is 10.7. The van der Waals surface area contributed by atoms with E-state index in [9.17, 15) is 5.11 Å². The second-order valence-corrected chi connectivity index (χ2v) is 5.27. The van der Waals surface area contributed by atoms with Gasteiger partial charge >= 0.3 is 0 Å². The van der Waals surface area contributed by atoms with Gasteiger partial charge in [0, 0.05) is 12.2 Å². The maximum Gasteiger partial charge on any atom is 0.0608 e. The van der Waals surface area contributed by atoms with Crippen LogP contribution in [-0.4, -0.2) is 17.3 Å². The smallest absolute Gasteiger partial charge is 0.0608 e. The molecule has 0 aliphatic rings. The van der Waals surface area contributed by atoms with Crippen LogP contribution in [0.2, 0.25) is 0 Å². The second kappa shape index (κ2) is 5.35. The van der Waals surface area contributed by atoms with Gasteiger partial charge in [0.05, 0.1) is 5.60 Å². The number of rotatable bonds is 5. The highest BCUT2D eigenvalue weighted by Crippen LogP contribution is 2.18. The number of aliphatic hydroxyl groups is 1. The van der Waals surface area contributed by atoms with Gasteiger partial charge < -0.3 is 10.4 Å². The molecule has 0 amide bonds. The van der Waals surface area contributed by atoms with Gasteiger partial charge in [0.15, 0.2) is 0 Å². The van der Waals surface area contributed by atoms with Gasteiger partial charge in [-0.2, -0.15) is 0 Å². The van der Waals surface area contributed by atoms with Crippen LogP contribution >= 0.6 is 0 Å². The van der Waals surface area contributed by atoms with E-state index in [0.29, 0.717) is 5.92 Å². The molecule has 0 aliphatic heterocycles. The van der Waals surface area contributed by atoms with E-state index in [1.807, 2.05) is 13.8 Å². The fraction of sp³-hybridized carbons (Fsp3) is 0.571. The van der Waals surface area contributed by atoms with Gasteiger partial charge in [-0.1, -0.05) is 26.0 Å². The number of anilines is 1. The molecule has 0 aromatic heterocycles. The summed E-state index contributed by atoms with van der Waals surface area (Å²) in [5.41, 5.74) is 1.88. The first-order chi connectivity index (χ1) is 7.38. The lowest BCUT2D eigenvalue weighted by Crippen LogP contribution is -2.22. The number of nitrogens with one attached hydrogen (secondary N) is 1. The molecule has 1 rings (SSSR count). The fourth-order valence-electron chi connectivity index (χ4n) is 1.52. The van der Waals surface area contributed by atoms with E-state index in [1.54, 1.807) is 0 Å². The number of benzene rings is 1. The van der Waals surface area contributed by atoms with Crippen LogP contribution in [0.4, 0.5) is 5.69 Å². The van der Waals surface area contributed by atoms with Crippen LogP contribution < -0.4 is 5.32 Å². The number of hydrogen-bond acceptors (Lipinski definition) is 2. The minimum absolute atomic E-state index is 0.552. The lowest BCUT2D eigenvalue weighted by atomic mass is 10.0. The molecule has 16 heavy (non-hydrogen) atoms. The molecule has 0 spiro atoms. The van der Waals surface area contributed by atoms with Gasteiger partial charge in [0.25, 0.3) is 0 Å². The van der Waals surface area contributed by atoms with Gasteiger partial charge in [-0.3, -0.25) is 0 Å². The van der Waals surface area contributed by atoms with E-state index < -0.39 is 5.60 Å². The van der Waals surface area contributed by atoms with Crippen LogP contribution in [0.15, 0.2) is 24.3 Å². The summed E-state index contributed by atoms with van der Waals surface area (Å²) in [7, 11) is 0. The first kappa shape index (κ1) is 13.0. The van der Waals surface area contributed by atoms with Crippen molar-refractivity contribution in [2.24, 2.45) is 0 Å². The second-order valence-electron chi connectivity index (χ2n) is 5.27. The van der Waals surface area contributed by atoms with E-state index in [0.717, 1.165) is 18.7 Å². The average Bonchev–Trinajstić information content (AvgIpc) is 2.16. The fourth-order valence-corrected chi connectivity index (χ4v) is 1.52. The van der Waals surface area contributed by atoms with E-state index in [2.05, 4.69) is 43.4 Å². The molecule has 0 saturated carbocycles. The third-order valence-electron chi connectivity index (χ3n) is 2.62. The third kappa shape index (κ3) is 4.67. The Morgan fingerprint density at radius 2 is 2.00 bits per heavy atom. The SMILES string of the molecule is CC(C)c1cccc(NCCC(C)(C)O)c1. The van der Waals surface area contributed by atoms with Crippen LogP contribution in [0, 0.1) is 0 Å². The van der Waals surface area contributed by atoms with Crippen molar-refractivity contribution >= 4 is 5.69 Å². The van der Waals surface area contributed by atoms with Crippen molar-refractivity contribution in [1.82, 2.24) is 0 Å². The highest BCUT2D eigenvalue weighted by Gasteiger charge is 2.11.